The van der Waals surface area contributed by atoms with E-state index >= 15 is 0 Å². The average Bonchev–Trinajstić information content (AvgIpc) is 3.49. The second-order valence-corrected chi connectivity index (χ2v) is 13.2. The first-order valence-electron chi connectivity index (χ1n) is 17.3. The Morgan fingerprint density at radius 2 is 0.922 bits per heavy atom. The summed E-state index contributed by atoms with van der Waals surface area (Å²) in [6.07, 6.45) is 0. The second kappa shape index (κ2) is 10.8. The van der Waals surface area contributed by atoms with Gasteiger partial charge in [-0.1, -0.05) is 158 Å². The first-order chi connectivity index (χ1) is 25.3. The highest BCUT2D eigenvalue weighted by Gasteiger charge is 2.27. The van der Waals surface area contributed by atoms with Crippen LogP contribution in [0.4, 0.5) is 0 Å². The SMILES string of the molecule is c1ccc(-c2ccc(-c3nc(-c4ccccc4)nc(-n4c5cccc6c5c5c7c(cccc7ccc54)-c4ccc5ccccc5c4-6)n3)cc2)cc1. The number of aromatic nitrogens is 4. The maximum absolute atomic E-state index is 5.26. The van der Waals surface area contributed by atoms with Gasteiger partial charge in [0, 0.05) is 21.9 Å². The van der Waals surface area contributed by atoms with E-state index in [1.54, 1.807) is 0 Å². The summed E-state index contributed by atoms with van der Waals surface area (Å²) in [7, 11) is 0. The molecule has 236 valence electrons. The van der Waals surface area contributed by atoms with Crippen molar-refractivity contribution in [3.8, 4) is 62.1 Å². The van der Waals surface area contributed by atoms with Gasteiger partial charge in [0.15, 0.2) is 11.6 Å². The van der Waals surface area contributed by atoms with E-state index in [4.69, 9.17) is 15.0 Å². The number of hydrogen-bond donors (Lipinski definition) is 0. The Kier molecular flexibility index (Phi) is 5.92. The topological polar surface area (TPSA) is 43.6 Å². The molecule has 0 unspecified atom stereocenters. The van der Waals surface area contributed by atoms with Gasteiger partial charge in [0.05, 0.1) is 11.0 Å². The molecule has 0 atom stereocenters. The van der Waals surface area contributed by atoms with Gasteiger partial charge in [0.25, 0.3) is 0 Å². The highest BCUT2D eigenvalue weighted by atomic mass is 15.2. The first kappa shape index (κ1) is 28.0. The smallest absolute Gasteiger partial charge is 0.238 e. The second-order valence-electron chi connectivity index (χ2n) is 13.2. The molecule has 0 amide bonds. The lowest BCUT2D eigenvalue weighted by Gasteiger charge is -2.16. The van der Waals surface area contributed by atoms with Gasteiger partial charge in [-0.25, -0.2) is 4.98 Å². The maximum Gasteiger partial charge on any atom is 0.238 e. The minimum atomic E-state index is 0.596. The Hall–Kier alpha value is -6.91. The van der Waals surface area contributed by atoms with Crippen LogP contribution in [0.5, 0.6) is 0 Å². The van der Waals surface area contributed by atoms with E-state index in [0.717, 1.165) is 27.7 Å². The van der Waals surface area contributed by atoms with E-state index in [1.807, 2.05) is 24.3 Å². The molecule has 4 heteroatoms. The summed E-state index contributed by atoms with van der Waals surface area (Å²) in [5.41, 5.74) is 11.3. The third-order valence-electron chi connectivity index (χ3n) is 10.4. The van der Waals surface area contributed by atoms with Crippen molar-refractivity contribution in [2.45, 2.75) is 0 Å². The normalized spacial score (nSPS) is 11.9. The van der Waals surface area contributed by atoms with Crippen LogP contribution in [0, 0.1) is 0 Å². The molecule has 0 radical (unpaired) electrons. The third-order valence-corrected chi connectivity index (χ3v) is 10.4. The summed E-state index contributed by atoms with van der Waals surface area (Å²) in [5.74, 6) is 1.87. The van der Waals surface area contributed by atoms with Crippen molar-refractivity contribution in [2.24, 2.45) is 0 Å². The van der Waals surface area contributed by atoms with Gasteiger partial charge < -0.3 is 0 Å². The zero-order chi connectivity index (χ0) is 33.5. The Morgan fingerprint density at radius 1 is 0.333 bits per heavy atom. The molecule has 1 aliphatic carbocycles. The molecule has 0 saturated heterocycles. The van der Waals surface area contributed by atoms with Crippen molar-refractivity contribution in [3.63, 3.8) is 0 Å². The van der Waals surface area contributed by atoms with Crippen molar-refractivity contribution in [1.82, 2.24) is 19.5 Å². The van der Waals surface area contributed by atoms with E-state index in [-0.39, 0.29) is 0 Å². The molecule has 0 bridgehead atoms. The fourth-order valence-corrected chi connectivity index (χ4v) is 8.11. The largest absolute Gasteiger partial charge is 0.278 e. The standard InChI is InChI=1S/C47H28N4/c1-3-11-29(12-4-1)30-21-23-34(24-22-30)46-48-45(33-14-5-2-6-15-33)49-47(50-46)51-39-20-10-19-38-42-35-17-8-7-13-31(35)25-27-37(42)36-18-9-16-32-26-28-40(51)44(41(32)36)43(38)39/h1-28H. The fraction of sp³-hybridized carbons (Fsp3) is 0. The predicted octanol–water partition coefficient (Wildman–Crippen LogP) is 11.9. The van der Waals surface area contributed by atoms with Crippen LogP contribution in [0.15, 0.2) is 170 Å². The van der Waals surface area contributed by atoms with Gasteiger partial charge in [0.1, 0.15) is 0 Å². The van der Waals surface area contributed by atoms with Crippen molar-refractivity contribution >= 4 is 43.4 Å². The Balaban J connectivity index is 1.23. The van der Waals surface area contributed by atoms with Crippen molar-refractivity contribution in [2.75, 3.05) is 0 Å². The molecule has 11 rings (SSSR count). The van der Waals surface area contributed by atoms with Crippen LogP contribution in [0.25, 0.3) is 105 Å². The monoisotopic (exact) mass is 648 g/mol. The molecule has 0 N–H and O–H groups in total. The molecule has 0 spiro atoms. The van der Waals surface area contributed by atoms with Crippen LogP contribution < -0.4 is 0 Å². The predicted molar refractivity (Wildman–Crippen MR) is 210 cm³/mol. The molecule has 8 aromatic carbocycles. The van der Waals surface area contributed by atoms with Crippen LogP contribution in [0.3, 0.4) is 0 Å². The first-order valence-corrected chi connectivity index (χ1v) is 17.3. The number of benzene rings is 8. The lowest BCUT2D eigenvalue weighted by Crippen LogP contribution is -2.06. The lowest BCUT2D eigenvalue weighted by atomic mass is 9.89. The van der Waals surface area contributed by atoms with Gasteiger partial charge in [0.2, 0.25) is 5.95 Å². The Morgan fingerprint density at radius 3 is 1.73 bits per heavy atom. The lowest BCUT2D eigenvalue weighted by molar-refractivity contribution is 0.953. The third kappa shape index (κ3) is 4.17. The van der Waals surface area contributed by atoms with Gasteiger partial charge in [-0.05, 0) is 67.1 Å². The molecule has 0 aliphatic heterocycles. The van der Waals surface area contributed by atoms with Crippen LogP contribution in [0.1, 0.15) is 0 Å². The summed E-state index contributed by atoms with van der Waals surface area (Å²) in [5, 5.41) is 7.40. The summed E-state index contributed by atoms with van der Waals surface area (Å²) in [6, 6.07) is 60.3. The fourth-order valence-electron chi connectivity index (χ4n) is 8.11. The average molecular weight is 649 g/mol. The summed E-state index contributed by atoms with van der Waals surface area (Å²) < 4.78 is 2.25. The highest BCUT2D eigenvalue weighted by Crippen LogP contribution is 2.51. The van der Waals surface area contributed by atoms with Crippen LogP contribution in [-0.2, 0) is 0 Å². The molecule has 0 saturated carbocycles. The van der Waals surface area contributed by atoms with Crippen LogP contribution >= 0.6 is 0 Å². The minimum absolute atomic E-state index is 0.596. The van der Waals surface area contributed by atoms with E-state index < -0.39 is 0 Å². The van der Waals surface area contributed by atoms with E-state index in [9.17, 15) is 0 Å². The quantitative estimate of drug-likeness (QED) is 0.191. The zero-order valence-corrected chi connectivity index (χ0v) is 27.5. The maximum atomic E-state index is 5.26. The van der Waals surface area contributed by atoms with Crippen molar-refractivity contribution in [3.05, 3.63) is 170 Å². The molecule has 1 aliphatic rings. The Bertz CT molecular complexity index is 3000. The highest BCUT2D eigenvalue weighted by molar-refractivity contribution is 6.32. The summed E-state index contributed by atoms with van der Waals surface area (Å²) >= 11 is 0. The van der Waals surface area contributed by atoms with Gasteiger partial charge >= 0.3 is 0 Å². The molecule has 10 aromatic rings. The van der Waals surface area contributed by atoms with E-state index in [2.05, 4.69) is 150 Å². The number of nitrogens with zero attached hydrogens (tertiary/aromatic N) is 4. The summed E-state index contributed by atoms with van der Waals surface area (Å²) in [6.45, 7) is 0. The molecule has 4 nitrogen and oxygen atoms in total. The molecular formula is C47H28N4. The molecule has 2 aromatic heterocycles. The minimum Gasteiger partial charge on any atom is -0.278 e. The van der Waals surface area contributed by atoms with E-state index in [0.29, 0.717) is 17.6 Å². The van der Waals surface area contributed by atoms with E-state index in [1.165, 1.54) is 60.1 Å². The molecule has 51 heavy (non-hydrogen) atoms. The number of fused-ring (bicyclic) bond motifs is 5. The number of rotatable bonds is 4. The molecule has 0 fully saturated rings. The van der Waals surface area contributed by atoms with Crippen LogP contribution in [-0.4, -0.2) is 19.5 Å². The van der Waals surface area contributed by atoms with Gasteiger partial charge in [-0.3, -0.25) is 4.57 Å². The zero-order valence-electron chi connectivity index (χ0n) is 27.5. The molecular weight excluding hydrogens is 621 g/mol. The summed E-state index contributed by atoms with van der Waals surface area (Å²) in [4.78, 5) is 15.5. The van der Waals surface area contributed by atoms with Gasteiger partial charge in [-0.2, -0.15) is 9.97 Å². The van der Waals surface area contributed by atoms with Crippen molar-refractivity contribution in [1.29, 1.82) is 0 Å². The Labute approximate surface area is 294 Å². The molecule has 2 heterocycles. The van der Waals surface area contributed by atoms with Gasteiger partial charge in [-0.15, -0.1) is 0 Å². The number of hydrogen-bond acceptors (Lipinski definition) is 3. The van der Waals surface area contributed by atoms with Crippen LogP contribution in [0.2, 0.25) is 0 Å². The van der Waals surface area contributed by atoms with Crippen molar-refractivity contribution < 1.29 is 0 Å².